The van der Waals surface area contributed by atoms with Crippen molar-refractivity contribution in [2.75, 3.05) is 0 Å². The molecule has 0 aliphatic heterocycles. The SMILES string of the molecule is Cc1ccccc1Sc1ccc(CN)cc1C#N. The number of aryl methyl sites for hydroxylation is 1. The predicted octanol–water partition coefficient (Wildman–Crippen LogP) is 3.48. The van der Waals surface area contributed by atoms with E-state index in [1.807, 2.05) is 30.3 Å². The number of hydrogen-bond donors (Lipinski definition) is 1. The molecular weight excluding hydrogens is 240 g/mol. The zero-order valence-corrected chi connectivity index (χ0v) is 11.0. The highest BCUT2D eigenvalue weighted by atomic mass is 32.2. The van der Waals surface area contributed by atoms with Crippen LogP contribution in [0.15, 0.2) is 52.3 Å². The molecule has 0 saturated carbocycles. The van der Waals surface area contributed by atoms with Crippen molar-refractivity contribution in [2.45, 2.75) is 23.3 Å². The molecule has 90 valence electrons. The van der Waals surface area contributed by atoms with E-state index in [1.54, 1.807) is 11.8 Å². The second kappa shape index (κ2) is 5.72. The van der Waals surface area contributed by atoms with Crippen molar-refractivity contribution in [2.24, 2.45) is 5.73 Å². The first kappa shape index (κ1) is 12.7. The lowest BCUT2D eigenvalue weighted by Crippen LogP contribution is -1.97. The molecule has 0 amide bonds. The molecule has 2 rings (SSSR count). The lowest BCUT2D eigenvalue weighted by atomic mass is 10.1. The zero-order valence-electron chi connectivity index (χ0n) is 10.2. The van der Waals surface area contributed by atoms with E-state index in [2.05, 4.69) is 25.1 Å². The summed E-state index contributed by atoms with van der Waals surface area (Å²) >= 11 is 1.62. The third-order valence-corrected chi connectivity index (χ3v) is 3.97. The number of hydrogen-bond acceptors (Lipinski definition) is 3. The van der Waals surface area contributed by atoms with Crippen molar-refractivity contribution in [1.29, 1.82) is 5.26 Å². The quantitative estimate of drug-likeness (QED) is 0.912. The van der Waals surface area contributed by atoms with Crippen molar-refractivity contribution in [3.63, 3.8) is 0 Å². The summed E-state index contributed by atoms with van der Waals surface area (Å²) in [5.74, 6) is 0. The van der Waals surface area contributed by atoms with E-state index in [4.69, 9.17) is 5.73 Å². The van der Waals surface area contributed by atoms with Crippen molar-refractivity contribution in [3.8, 4) is 6.07 Å². The Bertz CT molecular complexity index is 600. The fraction of sp³-hybridized carbons (Fsp3) is 0.133. The number of benzene rings is 2. The average molecular weight is 254 g/mol. The number of rotatable bonds is 3. The molecule has 2 N–H and O–H groups in total. The number of nitrogens with zero attached hydrogens (tertiary/aromatic N) is 1. The molecule has 0 aliphatic rings. The van der Waals surface area contributed by atoms with Gasteiger partial charge in [0, 0.05) is 16.3 Å². The molecule has 0 saturated heterocycles. The molecule has 0 bridgehead atoms. The van der Waals surface area contributed by atoms with Crippen LogP contribution in [0.2, 0.25) is 0 Å². The minimum atomic E-state index is 0.462. The van der Waals surface area contributed by atoms with Crippen molar-refractivity contribution < 1.29 is 0 Å². The van der Waals surface area contributed by atoms with Crippen LogP contribution in [0.25, 0.3) is 0 Å². The average Bonchev–Trinajstić information content (AvgIpc) is 2.41. The summed E-state index contributed by atoms with van der Waals surface area (Å²) in [5.41, 5.74) is 8.47. The molecule has 0 aliphatic carbocycles. The Balaban J connectivity index is 2.35. The first-order chi connectivity index (χ1) is 8.74. The van der Waals surface area contributed by atoms with Gasteiger partial charge in [-0.2, -0.15) is 5.26 Å². The first-order valence-corrected chi connectivity index (χ1v) is 6.53. The Morgan fingerprint density at radius 1 is 1.17 bits per heavy atom. The minimum absolute atomic E-state index is 0.462. The van der Waals surface area contributed by atoms with Crippen LogP contribution in [0.5, 0.6) is 0 Å². The van der Waals surface area contributed by atoms with Crippen LogP contribution in [-0.2, 0) is 6.54 Å². The van der Waals surface area contributed by atoms with Crippen molar-refractivity contribution in [3.05, 3.63) is 59.2 Å². The van der Waals surface area contributed by atoms with Crippen molar-refractivity contribution in [1.82, 2.24) is 0 Å². The molecular formula is C15H14N2S. The lowest BCUT2D eigenvalue weighted by Gasteiger charge is -2.07. The van der Waals surface area contributed by atoms with E-state index in [-0.39, 0.29) is 0 Å². The van der Waals surface area contributed by atoms with Crippen LogP contribution >= 0.6 is 11.8 Å². The third-order valence-electron chi connectivity index (χ3n) is 2.71. The van der Waals surface area contributed by atoms with E-state index >= 15 is 0 Å². The summed E-state index contributed by atoms with van der Waals surface area (Å²) in [6.45, 7) is 2.53. The summed E-state index contributed by atoms with van der Waals surface area (Å²) in [7, 11) is 0. The molecule has 18 heavy (non-hydrogen) atoms. The highest BCUT2D eigenvalue weighted by Crippen LogP contribution is 2.32. The molecule has 0 radical (unpaired) electrons. The van der Waals surface area contributed by atoms with Gasteiger partial charge in [-0.1, -0.05) is 36.0 Å². The van der Waals surface area contributed by atoms with Crippen LogP contribution in [0, 0.1) is 18.3 Å². The van der Waals surface area contributed by atoms with Gasteiger partial charge in [0.25, 0.3) is 0 Å². The van der Waals surface area contributed by atoms with Crippen LogP contribution < -0.4 is 5.73 Å². The van der Waals surface area contributed by atoms with Gasteiger partial charge < -0.3 is 5.73 Å². The molecule has 0 heterocycles. The zero-order chi connectivity index (χ0) is 13.0. The summed E-state index contributed by atoms with van der Waals surface area (Å²) in [6.07, 6.45) is 0. The second-order valence-electron chi connectivity index (χ2n) is 4.01. The van der Waals surface area contributed by atoms with Gasteiger partial charge in [-0.05, 0) is 36.2 Å². The van der Waals surface area contributed by atoms with Gasteiger partial charge in [0.05, 0.1) is 5.56 Å². The molecule has 0 fully saturated rings. The molecule has 0 spiro atoms. The van der Waals surface area contributed by atoms with E-state index in [0.717, 1.165) is 10.5 Å². The van der Waals surface area contributed by atoms with Gasteiger partial charge in [-0.15, -0.1) is 0 Å². The van der Waals surface area contributed by atoms with Crippen LogP contribution in [0.4, 0.5) is 0 Å². The van der Waals surface area contributed by atoms with Crippen LogP contribution in [-0.4, -0.2) is 0 Å². The highest BCUT2D eigenvalue weighted by molar-refractivity contribution is 7.99. The maximum absolute atomic E-state index is 9.18. The van der Waals surface area contributed by atoms with E-state index in [1.165, 1.54) is 10.5 Å². The van der Waals surface area contributed by atoms with Crippen LogP contribution in [0.1, 0.15) is 16.7 Å². The Hall–Kier alpha value is -1.76. The first-order valence-electron chi connectivity index (χ1n) is 5.71. The lowest BCUT2D eigenvalue weighted by molar-refractivity contribution is 1.06. The van der Waals surface area contributed by atoms with Gasteiger partial charge in [-0.3, -0.25) is 0 Å². The summed E-state index contributed by atoms with van der Waals surface area (Å²) in [5, 5.41) is 9.18. The number of nitrogens with two attached hydrogens (primary N) is 1. The van der Waals surface area contributed by atoms with Crippen LogP contribution in [0.3, 0.4) is 0 Å². The maximum atomic E-state index is 9.18. The fourth-order valence-corrected chi connectivity index (χ4v) is 2.63. The minimum Gasteiger partial charge on any atom is -0.326 e. The predicted molar refractivity (Wildman–Crippen MR) is 74.4 cm³/mol. The van der Waals surface area contributed by atoms with Crippen molar-refractivity contribution >= 4 is 11.8 Å². The summed E-state index contributed by atoms with van der Waals surface area (Å²) in [6, 6.07) is 16.2. The monoisotopic (exact) mass is 254 g/mol. The second-order valence-corrected chi connectivity index (χ2v) is 5.10. The summed E-state index contributed by atoms with van der Waals surface area (Å²) < 4.78 is 0. The van der Waals surface area contributed by atoms with Gasteiger partial charge >= 0.3 is 0 Å². The molecule has 2 nitrogen and oxygen atoms in total. The highest BCUT2D eigenvalue weighted by Gasteiger charge is 2.06. The molecule has 0 unspecified atom stereocenters. The smallest absolute Gasteiger partial charge is 0.100 e. The molecule has 2 aromatic carbocycles. The topological polar surface area (TPSA) is 49.8 Å². The maximum Gasteiger partial charge on any atom is 0.100 e. The van der Waals surface area contributed by atoms with Gasteiger partial charge in [0.1, 0.15) is 6.07 Å². The Labute approximate surface area is 111 Å². The third kappa shape index (κ3) is 2.73. The Morgan fingerprint density at radius 3 is 2.61 bits per heavy atom. The standard InChI is InChI=1S/C15H14N2S/c1-11-4-2-3-5-14(11)18-15-7-6-12(9-16)8-13(15)10-17/h2-8H,9,16H2,1H3. The number of nitriles is 1. The van der Waals surface area contributed by atoms with E-state index in [9.17, 15) is 5.26 Å². The van der Waals surface area contributed by atoms with Gasteiger partial charge in [0.15, 0.2) is 0 Å². The molecule has 0 aromatic heterocycles. The normalized spacial score (nSPS) is 10.1. The van der Waals surface area contributed by atoms with E-state index < -0.39 is 0 Å². The summed E-state index contributed by atoms with van der Waals surface area (Å²) in [4.78, 5) is 2.15. The molecule has 0 atom stereocenters. The Morgan fingerprint density at radius 2 is 1.94 bits per heavy atom. The van der Waals surface area contributed by atoms with Gasteiger partial charge in [0.2, 0.25) is 0 Å². The van der Waals surface area contributed by atoms with E-state index in [0.29, 0.717) is 12.1 Å². The fourth-order valence-electron chi connectivity index (χ4n) is 1.67. The molecule has 2 aromatic rings. The van der Waals surface area contributed by atoms with Gasteiger partial charge in [-0.25, -0.2) is 0 Å². The Kier molecular flexibility index (Phi) is 4.03. The molecule has 3 heteroatoms. The largest absolute Gasteiger partial charge is 0.326 e.